The molecule has 0 radical (unpaired) electrons. The first-order valence-electron chi connectivity index (χ1n) is 10.7. The van der Waals surface area contributed by atoms with E-state index >= 15 is 0 Å². The van der Waals surface area contributed by atoms with Gasteiger partial charge in [-0.1, -0.05) is 30.5 Å². The highest BCUT2D eigenvalue weighted by molar-refractivity contribution is 8.54. The van der Waals surface area contributed by atoms with E-state index in [1.54, 1.807) is 13.1 Å². The van der Waals surface area contributed by atoms with Crippen LogP contribution in [0.3, 0.4) is 0 Å². The molecule has 1 aliphatic carbocycles. The van der Waals surface area contributed by atoms with Gasteiger partial charge in [-0.2, -0.15) is 0 Å². The molecule has 1 aromatic heterocycles. The third-order valence-electron chi connectivity index (χ3n) is 6.64. The largest absolute Gasteiger partial charge is 0.352 e. The standard InChI is InChI=1S/C21H32N3O4PS/c1-6-16-11-23(12-18(27-16)24-10-14(4)19(25)22-20(24)26)29-28-17-9-15(13(2)3)7-8-21(17,5)30-29/h10,15-18H,2,6-9,11-12H2,1,3-5H3,(H,22,25,26)/t15-,16+,17+,18+,21+,29+/m0/s1. The maximum absolute atomic E-state index is 12.4. The molecular weight excluding hydrogens is 421 g/mol. The Bertz CT molecular complexity index is 934. The van der Waals surface area contributed by atoms with Crippen molar-refractivity contribution < 1.29 is 9.26 Å². The van der Waals surface area contributed by atoms with Crippen LogP contribution < -0.4 is 11.2 Å². The van der Waals surface area contributed by atoms with Gasteiger partial charge in [-0.3, -0.25) is 14.3 Å². The average molecular weight is 454 g/mol. The minimum atomic E-state index is -0.820. The number of hydrogen-bond acceptors (Lipinski definition) is 6. The lowest BCUT2D eigenvalue weighted by Gasteiger charge is -2.39. The molecule has 6 atom stereocenters. The average Bonchev–Trinajstić information content (AvgIpc) is 3.06. The highest BCUT2D eigenvalue weighted by atomic mass is 32.7. The zero-order valence-corrected chi connectivity index (χ0v) is 19.9. The predicted molar refractivity (Wildman–Crippen MR) is 122 cm³/mol. The van der Waals surface area contributed by atoms with Crippen molar-refractivity contribution in [3.63, 3.8) is 0 Å². The van der Waals surface area contributed by atoms with Gasteiger partial charge in [-0.25, -0.2) is 9.46 Å². The summed E-state index contributed by atoms with van der Waals surface area (Å²) in [6.07, 6.45) is 5.65. The van der Waals surface area contributed by atoms with E-state index in [0.29, 0.717) is 18.0 Å². The molecule has 3 fully saturated rings. The quantitative estimate of drug-likeness (QED) is 0.550. The van der Waals surface area contributed by atoms with E-state index in [4.69, 9.17) is 9.26 Å². The zero-order valence-electron chi connectivity index (χ0n) is 18.2. The van der Waals surface area contributed by atoms with E-state index in [1.807, 2.05) is 11.4 Å². The van der Waals surface area contributed by atoms with E-state index < -0.39 is 19.4 Å². The van der Waals surface area contributed by atoms with Crippen LogP contribution in [0.5, 0.6) is 0 Å². The summed E-state index contributed by atoms with van der Waals surface area (Å²) in [6, 6.07) is 0. The molecule has 0 unspecified atom stereocenters. The summed E-state index contributed by atoms with van der Waals surface area (Å²) in [6.45, 7) is 13.8. The molecule has 0 aromatic carbocycles. The second-order valence-electron chi connectivity index (χ2n) is 9.02. The summed E-state index contributed by atoms with van der Waals surface area (Å²) in [5, 5.41) is 0. The summed E-state index contributed by atoms with van der Waals surface area (Å²) in [7, 11) is -0.820. The van der Waals surface area contributed by atoms with Gasteiger partial charge >= 0.3 is 5.69 Å². The number of rotatable bonds is 4. The Hall–Kier alpha value is -0.920. The Morgan fingerprint density at radius 2 is 2.20 bits per heavy atom. The van der Waals surface area contributed by atoms with Gasteiger partial charge < -0.3 is 9.26 Å². The molecule has 2 saturated heterocycles. The number of aromatic amines is 1. The summed E-state index contributed by atoms with van der Waals surface area (Å²) in [5.74, 6) is 0.544. The number of aromatic nitrogens is 2. The first-order valence-corrected chi connectivity index (χ1v) is 13.4. The molecule has 166 valence electrons. The molecule has 1 N–H and O–H groups in total. The van der Waals surface area contributed by atoms with Gasteiger partial charge in [0.2, 0.25) is 0 Å². The number of allylic oxidation sites excluding steroid dienone is 1. The molecular formula is C21H32N3O4PS. The van der Waals surface area contributed by atoms with Crippen LogP contribution in [0.4, 0.5) is 0 Å². The van der Waals surface area contributed by atoms with Crippen LogP contribution in [0.15, 0.2) is 27.9 Å². The number of fused-ring (bicyclic) bond motifs is 1. The minimum absolute atomic E-state index is 0.0215. The first-order chi connectivity index (χ1) is 14.2. The lowest BCUT2D eigenvalue weighted by atomic mass is 9.77. The Morgan fingerprint density at radius 3 is 2.90 bits per heavy atom. The van der Waals surface area contributed by atoms with Crippen LogP contribution in [-0.4, -0.2) is 44.3 Å². The summed E-state index contributed by atoms with van der Waals surface area (Å²) in [5.41, 5.74) is 0.987. The smallest absolute Gasteiger partial charge is 0.330 e. The molecule has 4 rings (SSSR count). The van der Waals surface area contributed by atoms with Crippen molar-refractivity contribution in [2.75, 3.05) is 13.1 Å². The van der Waals surface area contributed by atoms with Crippen molar-refractivity contribution in [1.82, 2.24) is 14.2 Å². The predicted octanol–water partition coefficient (Wildman–Crippen LogP) is 3.95. The van der Waals surface area contributed by atoms with Gasteiger partial charge in [-0.15, -0.1) is 0 Å². The number of H-pyrrole nitrogens is 1. The maximum Gasteiger partial charge on any atom is 0.330 e. The Labute approximate surface area is 182 Å². The van der Waals surface area contributed by atoms with Gasteiger partial charge in [-0.05, 0) is 52.4 Å². The first kappa shape index (κ1) is 22.3. The lowest BCUT2D eigenvalue weighted by molar-refractivity contribution is -0.104. The molecule has 0 spiro atoms. The van der Waals surface area contributed by atoms with Crippen molar-refractivity contribution in [2.45, 2.75) is 76.6 Å². The number of nitrogens with one attached hydrogen (secondary N) is 1. The fraction of sp³-hybridized carbons (Fsp3) is 0.714. The van der Waals surface area contributed by atoms with Gasteiger partial charge in [0, 0.05) is 23.1 Å². The van der Waals surface area contributed by atoms with Crippen LogP contribution >= 0.6 is 18.9 Å². The molecule has 0 amide bonds. The molecule has 1 saturated carbocycles. The second-order valence-corrected chi connectivity index (χ2v) is 12.9. The molecule has 9 heteroatoms. The van der Waals surface area contributed by atoms with Crippen molar-refractivity contribution in [3.8, 4) is 0 Å². The highest BCUT2D eigenvalue weighted by Crippen LogP contribution is 2.71. The minimum Gasteiger partial charge on any atom is -0.352 e. The topological polar surface area (TPSA) is 76.6 Å². The van der Waals surface area contributed by atoms with Crippen LogP contribution in [0.1, 0.15) is 58.2 Å². The molecule has 3 heterocycles. The van der Waals surface area contributed by atoms with Crippen molar-refractivity contribution in [2.24, 2.45) is 5.92 Å². The summed E-state index contributed by atoms with van der Waals surface area (Å²) in [4.78, 5) is 26.6. The van der Waals surface area contributed by atoms with Gasteiger partial charge in [0.25, 0.3) is 5.56 Å². The Morgan fingerprint density at radius 1 is 1.43 bits per heavy atom. The monoisotopic (exact) mass is 453 g/mol. The fourth-order valence-corrected chi connectivity index (χ4v) is 9.70. The fourth-order valence-electron chi connectivity index (χ4n) is 4.50. The number of hydrogen-bond donors (Lipinski definition) is 1. The van der Waals surface area contributed by atoms with E-state index in [2.05, 4.69) is 37.0 Å². The van der Waals surface area contributed by atoms with Crippen LogP contribution in [-0.2, 0) is 9.26 Å². The summed E-state index contributed by atoms with van der Waals surface area (Å²) < 4.78 is 16.9. The van der Waals surface area contributed by atoms with Crippen LogP contribution in [0.2, 0.25) is 0 Å². The maximum atomic E-state index is 12.4. The Balaban J connectivity index is 1.54. The molecule has 3 aliphatic rings. The van der Waals surface area contributed by atoms with Gasteiger partial charge in [0.1, 0.15) is 0 Å². The zero-order chi connectivity index (χ0) is 21.6. The van der Waals surface area contributed by atoms with E-state index in [0.717, 1.165) is 25.8 Å². The van der Waals surface area contributed by atoms with Gasteiger partial charge in [0.15, 0.2) is 13.7 Å². The number of aryl methyl sites for hydroxylation is 1. The third-order valence-corrected chi connectivity index (χ3v) is 11.6. The number of ether oxygens (including phenoxy) is 1. The second kappa shape index (κ2) is 8.55. The molecule has 30 heavy (non-hydrogen) atoms. The van der Waals surface area contributed by atoms with Crippen LogP contribution in [0, 0.1) is 12.8 Å². The molecule has 7 nitrogen and oxygen atoms in total. The Kier molecular flexibility index (Phi) is 6.35. The van der Waals surface area contributed by atoms with Gasteiger partial charge in [0.05, 0.1) is 18.8 Å². The number of morpholine rings is 1. The molecule has 2 aliphatic heterocycles. The van der Waals surface area contributed by atoms with Crippen LogP contribution in [0.25, 0.3) is 0 Å². The summed E-state index contributed by atoms with van der Waals surface area (Å²) >= 11 is 1.97. The SMILES string of the molecule is C=C(C)[C@H]1CC[C@@]2(C)S[P@](N3C[C@@H](CC)O[C@@H](n4cc(C)c(=O)[nH]c4=O)C3)O[C@@H]2C1. The van der Waals surface area contributed by atoms with Crippen molar-refractivity contribution in [3.05, 3.63) is 44.8 Å². The highest BCUT2D eigenvalue weighted by Gasteiger charge is 2.52. The lowest BCUT2D eigenvalue weighted by Crippen LogP contribution is -2.46. The van der Waals surface area contributed by atoms with E-state index in [9.17, 15) is 9.59 Å². The van der Waals surface area contributed by atoms with Crippen molar-refractivity contribution >= 4 is 18.9 Å². The number of nitrogens with zero attached hydrogens (tertiary/aromatic N) is 2. The third kappa shape index (κ3) is 4.22. The van der Waals surface area contributed by atoms with E-state index in [-0.39, 0.29) is 22.5 Å². The molecule has 1 aromatic rings. The molecule has 0 bridgehead atoms. The van der Waals surface area contributed by atoms with Crippen molar-refractivity contribution in [1.29, 1.82) is 0 Å². The van der Waals surface area contributed by atoms with E-state index in [1.165, 1.54) is 16.6 Å². The normalized spacial score (nSPS) is 37.1.